The second-order valence-electron chi connectivity index (χ2n) is 9.54. The number of para-hydroxylation sites is 1. The van der Waals surface area contributed by atoms with Crippen LogP contribution >= 0.6 is 23.1 Å². The normalized spacial score (nSPS) is 19.3. The van der Waals surface area contributed by atoms with Gasteiger partial charge in [0.2, 0.25) is 0 Å². The lowest BCUT2D eigenvalue weighted by atomic mass is 9.96. The molecule has 1 amide bonds. The molecule has 1 aromatic heterocycles. The van der Waals surface area contributed by atoms with Crippen LogP contribution in [0.4, 0.5) is 5.69 Å². The lowest BCUT2D eigenvalue weighted by Crippen LogP contribution is -2.40. The van der Waals surface area contributed by atoms with E-state index in [0.29, 0.717) is 32.0 Å². The predicted molar refractivity (Wildman–Crippen MR) is 155 cm³/mol. The second kappa shape index (κ2) is 10.8. The summed E-state index contributed by atoms with van der Waals surface area (Å²) in [5, 5.41) is 5.82. The Balaban J connectivity index is 1.62. The minimum absolute atomic E-state index is 0.230. The zero-order valence-corrected chi connectivity index (χ0v) is 23.9. The molecule has 0 radical (unpaired) electrons. The molecule has 0 saturated heterocycles. The van der Waals surface area contributed by atoms with E-state index >= 15 is 0 Å². The number of benzene rings is 2. The van der Waals surface area contributed by atoms with E-state index in [1.165, 1.54) is 20.9 Å². The van der Waals surface area contributed by atoms with Crippen LogP contribution in [-0.4, -0.2) is 34.5 Å². The largest absolute Gasteiger partial charge is 0.459 e. The van der Waals surface area contributed by atoms with Crippen LogP contribution in [-0.2, 0) is 14.3 Å². The predicted octanol–water partition coefficient (Wildman–Crippen LogP) is 3.90. The highest BCUT2D eigenvalue weighted by molar-refractivity contribution is 7.98. The first-order valence-electron chi connectivity index (χ1n) is 12.5. The Kier molecular flexibility index (Phi) is 7.42. The molecule has 39 heavy (non-hydrogen) atoms. The van der Waals surface area contributed by atoms with Crippen molar-refractivity contribution in [1.29, 1.82) is 0 Å². The molecule has 2 aromatic carbocycles. The summed E-state index contributed by atoms with van der Waals surface area (Å²) >= 11 is 2.81. The van der Waals surface area contributed by atoms with Crippen LogP contribution in [0, 0.1) is 5.92 Å². The molecule has 2 atom stereocenters. The molecule has 3 heterocycles. The highest BCUT2D eigenvalue weighted by atomic mass is 32.2. The Labute approximate surface area is 234 Å². The molecule has 0 aliphatic carbocycles. The van der Waals surface area contributed by atoms with Crippen molar-refractivity contribution in [3.8, 4) is 0 Å². The lowest BCUT2D eigenvalue weighted by Gasteiger charge is -2.25. The number of carbonyl (C=O) groups excluding carboxylic acids is 2. The lowest BCUT2D eigenvalue weighted by molar-refractivity contribution is -0.143. The number of hydrazone groups is 1. The Hall–Kier alpha value is -3.76. The fourth-order valence-corrected chi connectivity index (χ4v) is 6.12. The van der Waals surface area contributed by atoms with Crippen molar-refractivity contribution in [2.75, 3.05) is 11.3 Å². The smallest absolute Gasteiger partial charge is 0.338 e. The van der Waals surface area contributed by atoms with Gasteiger partial charge in [-0.15, -0.1) is 11.8 Å². The van der Waals surface area contributed by atoms with Gasteiger partial charge in [-0.3, -0.25) is 14.2 Å². The molecule has 0 unspecified atom stereocenters. The summed E-state index contributed by atoms with van der Waals surface area (Å²) in [5.41, 5.74) is 2.53. The Morgan fingerprint density at radius 2 is 1.77 bits per heavy atom. The number of esters is 1. The number of nitrogens with zero attached hydrogens (tertiary/aromatic N) is 4. The third-order valence-corrected chi connectivity index (χ3v) is 8.26. The molecule has 2 aliphatic heterocycles. The highest BCUT2D eigenvalue weighted by Gasteiger charge is 2.36. The molecule has 3 aromatic rings. The number of carbonyl (C=O) groups is 2. The van der Waals surface area contributed by atoms with E-state index in [-0.39, 0.29) is 17.6 Å². The molecule has 0 N–H and O–H groups in total. The fraction of sp³-hybridized carbons (Fsp3) is 0.276. The minimum Gasteiger partial charge on any atom is -0.459 e. The van der Waals surface area contributed by atoms with E-state index < -0.39 is 17.9 Å². The van der Waals surface area contributed by atoms with Crippen LogP contribution in [0.3, 0.4) is 0 Å². The van der Waals surface area contributed by atoms with Crippen molar-refractivity contribution in [2.45, 2.75) is 44.7 Å². The Morgan fingerprint density at radius 1 is 1.08 bits per heavy atom. The second-order valence-corrected chi connectivity index (χ2v) is 11.4. The van der Waals surface area contributed by atoms with Crippen molar-refractivity contribution in [3.63, 3.8) is 0 Å². The summed E-state index contributed by atoms with van der Waals surface area (Å²) in [6.45, 7) is 7.10. The van der Waals surface area contributed by atoms with Gasteiger partial charge in [0.05, 0.1) is 39.3 Å². The van der Waals surface area contributed by atoms with Crippen LogP contribution < -0.4 is 19.9 Å². The highest BCUT2D eigenvalue weighted by Crippen LogP contribution is 2.32. The van der Waals surface area contributed by atoms with E-state index in [1.54, 1.807) is 45.5 Å². The topological polar surface area (TPSA) is 93.3 Å². The van der Waals surface area contributed by atoms with Crippen LogP contribution in [0.5, 0.6) is 0 Å². The Morgan fingerprint density at radius 3 is 2.41 bits per heavy atom. The number of anilines is 1. The van der Waals surface area contributed by atoms with Crippen molar-refractivity contribution in [2.24, 2.45) is 16.0 Å². The Bertz CT molecular complexity index is 1690. The van der Waals surface area contributed by atoms with Gasteiger partial charge in [0.1, 0.15) is 5.92 Å². The van der Waals surface area contributed by atoms with E-state index in [2.05, 4.69) is 10.1 Å². The summed E-state index contributed by atoms with van der Waals surface area (Å²) in [7, 11) is 0. The number of hydrogen-bond donors (Lipinski definition) is 0. The number of hydrogen-bond acceptors (Lipinski definition) is 8. The number of rotatable bonds is 6. The maximum absolute atomic E-state index is 13.9. The molecule has 5 rings (SSSR count). The molecular formula is C29H28N4O4S2. The average Bonchev–Trinajstić information content (AvgIpc) is 3.38. The van der Waals surface area contributed by atoms with Gasteiger partial charge in [-0.05, 0) is 69.9 Å². The molecular weight excluding hydrogens is 532 g/mol. The molecule has 0 saturated carbocycles. The summed E-state index contributed by atoms with van der Waals surface area (Å²) in [6, 6.07) is 16.2. The monoisotopic (exact) mass is 560 g/mol. The number of allylic oxidation sites excluding steroid dienone is 1. The third-order valence-electron chi connectivity index (χ3n) is 6.52. The molecule has 10 heteroatoms. The van der Waals surface area contributed by atoms with Crippen molar-refractivity contribution >= 4 is 52.5 Å². The molecule has 0 spiro atoms. The fourth-order valence-electron chi connectivity index (χ4n) is 4.65. The first-order valence-corrected chi connectivity index (χ1v) is 14.6. The maximum atomic E-state index is 13.9. The summed E-state index contributed by atoms with van der Waals surface area (Å²) < 4.78 is 7.47. The first-order chi connectivity index (χ1) is 18.7. The van der Waals surface area contributed by atoms with E-state index in [4.69, 9.17) is 4.74 Å². The molecule has 0 bridgehead atoms. The van der Waals surface area contributed by atoms with E-state index in [9.17, 15) is 14.4 Å². The quantitative estimate of drug-likeness (QED) is 0.337. The number of thioether (sulfide) groups is 1. The number of thiazole rings is 1. The summed E-state index contributed by atoms with van der Waals surface area (Å²) in [4.78, 5) is 46.6. The van der Waals surface area contributed by atoms with Crippen LogP contribution in [0.2, 0.25) is 0 Å². The molecule has 2 aliphatic rings. The van der Waals surface area contributed by atoms with Crippen LogP contribution in [0.25, 0.3) is 6.08 Å². The van der Waals surface area contributed by atoms with E-state index in [1.807, 2.05) is 60.9 Å². The molecule has 0 fully saturated rings. The zero-order valence-electron chi connectivity index (χ0n) is 22.2. The van der Waals surface area contributed by atoms with Crippen molar-refractivity contribution in [1.82, 2.24) is 4.57 Å². The van der Waals surface area contributed by atoms with Gasteiger partial charge in [0.15, 0.2) is 4.80 Å². The van der Waals surface area contributed by atoms with E-state index in [0.717, 1.165) is 10.5 Å². The standard InChI is InChI=1S/C29H28N4O4S2/c1-16(2)37-28(36)24-18(4)30-29-32(25(24)19-11-13-21(38-5)14-12-19)27(35)23(39-29)15-22-17(3)31-33(26(22)34)20-9-7-6-8-10-20/h6-16,22,25H,1-5H3/b23-15-/t22-,25+/m1/s1. The number of ether oxygens (including phenoxy) is 1. The van der Waals surface area contributed by atoms with Crippen molar-refractivity contribution < 1.29 is 14.3 Å². The third kappa shape index (κ3) is 5.02. The van der Waals surface area contributed by atoms with Gasteiger partial charge in [-0.2, -0.15) is 10.1 Å². The van der Waals surface area contributed by atoms with Crippen molar-refractivity contribution in [3.05, 3.63) is 91.1 Å². The summed E-state index contributed by atoms with van der Waals surface area (Å²) in [5.74, 6) is -1.42. The maximum Gasteiger partial charge on any atom is 0.338 e. The number of aromatic nitrogens is 1. The SMILES string of the molecule is CSc1ccc([C@H]2C(C(=O)OC(C)C)=C(C)N=c3s/c(=C\[C@H]4C(=O)N(c5ccccc5)N=C4C)c(=O)n32)cc1. The van der Waals surface area contributed by atoms with Gasteiger partial charge in [-0.1, -0.05) is 41.7 Å². The first kappa shape index (κ1) is 26.8. The molecule has 8 nitrogen and oxygen atoms in total. The summed E-state index contributed by atoms with van der Waals surface area (Å²) in [6.07, 6.45) is 3.32. The zero-order chi connectivity index (χ0) is 27.8. The van der Waals surface area contributed by atoms with Gasteiger partial charge in [-0.25, -0.2) is 9.79 Å². The van der Waals surface area contributed by atoms with Gasteiger partial charge in [0, 0.05) is 4.90 Å². The molecule has 200 valence electrons. The number of amides is 1. The van der Waals surface area contributed by atoms with Crippen LogP contribution in [0.1, 0.15) is 39.3 Å². The van der Waals surface area contributed by atoms with Gasteiger partial charge in [0.25, 0.3) is 11.5 Å². The number of fused-ring (bicyclic) bond motifs is 1. The average molecular weight is 561 g/mol. The van der Waals surface area contributed by atoms with Crippen LogP contribution in [0.15, 0.2) is 85.7 Å². The van der Waals surface area contributed by atoms with Gasteiger partial charge < -0.3 is 4.74 Å². The minimum atomic E-state index is -0.708. The van der Waals surface area contributed by atoms with Gasteiger partial charge >= 0.3 is 5.97 Å².